The molecule has 4 saturated carbocycles. The zero-order valence-electron chi connectivity index (χ0n) is 14.2. The highest BCUT2D eigenvalue weighted by molar-refractivity contribution is 9.10. The summed E-state index contributed by atoms with van der Waals surface area (Å²) in [5.41, 5.74) is 2.54. The van der Waals surface area contributed by atoms with Crippen LogP contribution in [0.15, 0.2) is 22.7 Å². The monoisotopic (exact) mass is 384 g/mol. The molecule has 1 aromatic rings. The topological polar surface area (TPSA) is 27.0 Å². The molecular formula is C21H25BrN2. The van der Waals surface area contributed by atoms with Crippen molar-refractivity contribution in [2.24, 2.45) is 23.2 Å². The molecule has 1 saturated heterocycles. The maximum absolute atomic E-state index is 9.67. The Bertz CT molecular complexity index is 669. The molecule has 5 aliphatic rings. The molecule has 6 rings (SSSR count). The van der Waals surface area contributed by atoms with E-state index < -0.39 is 0 Å². The lowest BCUT2D eigenvalue weighted by Gasteiger charge is -2.60. The van der Waals surface area contributed by atoms with Gasteiger partial charge >= 0.3 is 0 Å². The first-order valence-corrected chi connectivity index (χ1v) is 10.4. The second kappa shape index (κ2) is 5.49. The number of hydrogen-bond acceptors (Lipinski definition) is 2. The molecule has 0 N–H and O–H groups in total. The lowest BCUT2D eigenvalue weighted by atomic mass is 9.47. The standard InChI is InChI=1S/C21H25BrN2/c22-18-3-1-4-19(17(18)13-23)24-6-2-5-20(24)21-10-14-7-15(11-21)9-16(8-14)12-21/h1,3-4,14-16,20H,2,5-12H2. The second-order valence-corrected chi connectivity index (χ2v) is 9.73. The van der Waals surface area contributed by atoms with Gasteiger partial charge in [-0.05, 0) is 103 Å². The molecular weight excluding hydrogens is 360 g/mol. The van der Waals surface area contributed by atoms with Crippen LogP contribution in [0, 0.1) is 34.5 Å². The van der Waals surface area contributed by atoms with Crippen molar-refractivity contribution in [3.63, 3.8) is 0 Å². The van der Waals surface area contributed by atoms with Gasteiger partial charge in [-0.25, -0.2) is 0 Å². The molecule has 0 aromatic heterocycles. The van der Waals surface area contributed by atoms with Gasteiger partial charge in [-0.1, -0.05) is 6.07 Å². The highest BCUT2D eigenvalue weighted by Crippen LogP contribution is 2.63. The average Bonchev–Trinajstić information content (AvgIpc) is 3.03. The lowest BCUT2D eigenvalue weighted by molar-refractivity contribution is -0.0659. The zero-order chi connectivity index (χ0) is 16.3. The van der Waals surface area contributed by atoms with E-state index in [-0.39, 0.29) is 0 Å². The van der Waals surface area contributed by atoms with Crippen LogP contribution in [0.3, 0.4) is 0 Å². The molecule has 1 atom stereocenters. The lowest BCUT2D eigenvalue weighted by Crippen LogP contribution is -2.55. The summed E-state index contributed by atoms with van der Waals surface area (Å²) in [6.07, 6.45) is 11.5. The van der Waals surface area contributed by atoms with E-state index in [0.29, 0.717) is 11.5 Å². The van der Waals surface area contributed by atoms with E-state index in [1.165, 1.54) is 57.1 Å². The number of halogens is 1. The molecule has 0 radical (unpaired) electrons. The Labute approximate surface area is 153 Å². The first-order chi connectivity index (χ1) is 11.7. The summed E-state index contributed by atoms with van der Waals surface area (Å²) in [6, 6.07) is 9.37. The largest absolute Gasteiger partial charge is 0.367 e. The van der Waals surface area contributed by atoms with Crippen LogP contribution in [0.25, 0.3) is 0 Å². The molecule has 24 heavy (non-hydrogen) atoms. The molecule has 3 heteroatoms. The maximum atomic E-state index is 9.67. The molecule has 1 aromatic carbocycles. The minimum absolute atomic E-state index is 0.542. The molecule has 4 bridgehead atoms. The summed E-state index contributed by atoms with van der Waals surface area (Å²) in [5, 5.41) is 9.67. The highest BCUT2D eigenvalue weighted by Gasteiger charge is 2.56. The van der Waals surface area contributed by atoms with E-state index in [1.807, 2.05) is 6.07 Å². The smallest absolute Gasteiger partial charge is 0.103 e. The van der Waals surface area contributed by atoms with Crippen LogP contribution in [0.4, 0.5) is 5.69 Å². The van der Waals surface area contributed by atoms with E-state index in [0.717, 1.165) is 34.3 Å². The Morgan fingerprint density at radius 3 is 2.38 bits per heavy atom. The normalized spacial score (nSPS) is 40.1. The number of benzene rings is 1. The molecule has 1 aliphatic heterocycles. The van der Waals surface area contributed by atoms with E-state index in [9.17, 15) is 5.26 Å². The molecule has 2 nitrogen and oxygen atoms in total. The van der Waals surface area contributed by atoms with Gasteiger partial charge in [-0.15, -0.1) is 0 Å². The fourth-order valence-electron chi connectivity index (χ4n) is 7.14. The number of rotatable bonds is 2. The predicted molar refractivity (Wildman–Crippen MR) is 99.8 cm³/mol. The summed E-state index contributed by atoms with van der Waals surface area (Å²) < 4.78 is 0.943. The van der Waals surface area contributed by atoms with Crippen LogP contribution in [0.2, 0.25) is 0 Å². The van der Waals surface area contributed by atoms with Crippen molar-refractivity contribution < 1.29 is 0 Å². The van der Waals surface area contributed by atoms with E-state index in [1.54, 1.807) is 0 Å². The van der Waals surface area contributed by atoms with Crippen LogP contribution in [-0.2, 0) is 0 Å². The summed E-state index contributed by atoms with van der Waals surface area (Å²) >= 11 is 3.59. The van der Waals surface area contributed by atoms with Crippen molar-refractivity contribution >= 4 is 21.6 Å². The van der Waals surface area contributed by atoms with Gasteiger partial charge in [0.15, 0.2) is 0 Å². The first kappa shape index (κ1) is 15.3. The SMILES string of the molecule is N#Cc1c(Br)cccc1N1CCCC1C12CC3CC(CC(C3)C1)C2. The molecule has 126 valence electrons. The van der Waals surface area contributed by atoms with Gasteiger partial charge in [0.2, 0.25) is 0 Å². The minimum atomic E-state index is 0.542. The Morgan fingerprint density at radius 2 is 1.75 bits per heavy atom. The third-order valence-corrected chi connectivity index (χ3v) is 8.12. The summed E-state index contributed by atoms with van der Waals surface area (Å²) in [4.78, 5) is 2.62. The van der Waals surface area contributed by atoms with Gasteiger partial charge in [-0.3, -0.25) is 0 Å². The van der Waals surface area contributed by atoms with Crippen molar-refractivity contribution in [2.75, 3.05) is 11.4 Å². The van der Waals surface area contributed by atoms with E-state index >= 15 is 0 Å². The van der Waals surface area contributed by atoms with Gasteiger partial charge in [-0.2, -0.15) is 5.26 Å². The van der Waals surface area contributed by atoms with Crippen LogP contribution >= 0.6 is 15.9 Å². The third-order valence-electron chi connectivity index (χ3n) is 7.46. The average molecular weight is 385 g/mol. The number of hydrogen-bond donors (Lipinski definition) is 0. The molecule has 4 aliphatic carbocycles. The van der Waals surface area contributed by atoms with E-state index in [4.69, 9.17) is 0 Å². The quantitative estimate of drug-likeness (QED) is 0.672. The van der Waals surface area contributed by atoms with Crippen molar-refractivity contribution in [1.82, 2.24) is 0 Å². The molecule has 0 spiro atoms. The van der Waals surface area contributed by atoms with Gasteiger partial charge in [0.25, 0.3) is 0 Å². The predicted octanol–water partition coefficient (Wildman–Crippen LogP) is 5.51. The van der Waals surface area contributed by atoms with Crippen LogP contribution in [0.1, 0.15) is 56.9 Å². The Balaban J connectivity index is 1.53. The summed E-state index contributed by atoms with van der Waals surface area (Å²) in [7, 11) is 0. The number of anilines is 1. The number of nitriles is 1. The van der Waals surface area contributed by atoms with Crippen LogP contribution in [0.5, 0.6) is 0 Å². The Kier molecular flexibility index (Phi) is 3.49. The van der Waals surface area contributed by atoms with Gasteiger partial charge in [0.05, 0.1) is 11.3 Å². The van der Waals surface area contributed by atoms with Crippen LogP contribution < -0.4 is 4.90 Å². The van der Waals surface area contributed by atoms with Gasteiger partial charge < -0.3 is 4.90 Å². The van der Waals surface area contributed by atoms with Crippen molar-refractivity contribution in [3.8, 4) is 6.07 Å². The molecule has 1 unspecified atom stereocenters. The van der Waals surface area contributed by atoms with Crippen molar-refractivity contribution in [2.45, 2.75) is 57.4 Å². The summed E-state index contributed by atoms with van der Waals surface area (Å²) in [5.74, 6) is 2.99. The molecule has 1 heterocycles. The fraction of sp³-hybridized carbons (Fsp3) is 0.667. The third kappa shape index (κ3) is 2.18. The summed E-state index contributed by atoms with van der Waals surface area (Å²) in [6.45, 7) is 1.12. The first-order valence-electron chi connectivity index (χ1n) is 9.64. The van der Waals surface area contributed by atoms with Crippen molar-refractivity contribution in [3.05, 3.63) is 28.2 Å². The Hall–Kier alpha value is -1.01. The Morgan fingerprint density at radius 1 is 1.08 bits per heavy atom. The zero-order valence-corrected chi connectivity index (χ0v) is 15.8. The van der Waals surface area contributed by atoms with Crippen molar-refractivity contribution in [1.29, 1.82) is 5.26 Å². The fourth-order valence-corrected chi connectivity index (χ4v) is 7.58. The van der Waals surface area contributed by atoms with E-state index in [2.05, 4.69) is 39.0 Å². The maximum Gasteiger partial charge on any atom is 0.103 e. The van der Waals surface area contributed by atoms with Gasteiger partial charge in [0, 0.05) is 17.1 Å². The number of nitrogens with zero attached hydrogens (tertiary/aromatic N) is 2. The second-order valence-electron chi connectivity index (χ2n) is 8.88. The highest BCUT2D eigenvalue weighted by atomic mass is 79.9. The molecule has 5 fully saturated rings. The van der Waals surface area contributed by atoms with Crippen LogP contribution in [-0.4, -0.2) is 12.6 Å². The van der Waals surface area contributed by atoms with Gasteiger partial charge in [0.1, 0.15) is 6.07 Å². The minimum Gasteiger partial charge on any atom is -0.367 e. The molecule has 0 amide bonds.